The van der Waals surface area contributed by atoms with Gasteiger partial charge in [0.15, 0.2) is 5.78 Å². The first kappa shape index (κ1) is 10.8. The van der Waals surface area contributed by atoms with Gasteiger partial charge in [0.2, 0.25) is 0 Å². The number of pyridine rings is 1. The highest BCUT2D eigenvalue weighted by atomic mass is 79.9. The summed E-state index contributed by atoms with van der Waals surface area (Å²) in [7, 11) is 0. The highest BCUT2D eigenvalue weighted by Gasteiger charge is 2.22. The number of hydrogen-bond donors (Lipinski definition) is 1. The predicted molar refractivity (Wildman–Crippen MR) is 61.7 cm³/mol. The Balaban J connectivity index is 1.99. The minimum absolute atomic E-state index is 0.0470. The molecule has 3 nitrogen and oxygen atoms in total. The van der Waals surface area contributed by atoms with E-state index in [1.54, 1.807) is 0 Å². The number of carbonyl (C=O) groups is 1. The van der Waals surface area contributed by atoms with E-state index in [9.17, 15) is 4.79 Å². The molecule has 0 saturated carbocycles. The Morgan fingerprint density at radius 1 is 1.60 bits per heavy atom. The van der Waals surface area contributed by atoms with Crippen molar-refractivity contribution >= 4 is 21.7 Å². The second kappa shape index (κ2) is 4.86. The van der Waals surface area contributed by atoms with Gasteiger partial charge in [0.1, 0.15) is 4.60 Å². The normalized spacial score (nSPS) is 20.5. The maximum atomic E-state index is 11.8. The molecule has 2 rings (SSSR count). The van der Waals surface area contributed by atoms with Crippen molar-refractivity contribution in [2.45, 2.75) is 25.3 Å². The van der Waals surface area contributed by atoms with Crippen molar-refractivity contribution in [1.29, 1.82) is 0 Å². The summed E-state index contributed by atoms with van der Waals surface area (Å²) in [5.74, 6) is 0.248. The van der Waals surface area contributed by atoms with E-state index in [2.05, 4.69) is 26.2 Å². The van der Waals surface area contributed by atoms with Crippen LogP contribution in [-0.2, 0) is 11.2 Å². The van der Waals surface area contributed by atoms with Crippen LogP contribution < -0.4 is 5.32 Å². The Morgan fingerprint density at radius 2 is 2.47 bits per heavy atom. The van der Waals surface area contributed by atoms with Crippen molar-refractivity contribution in [2.75, 3.05) is 6.54 Å². The van der Waals surface area contributed by atoms with Gasteiger partial charge in [-0.05, 0) is 47.4 Å². The number of rotatable bonds is 3. The summed E-state index contributed by atoms with van der Waals surface area (Å²) in [6, 6.07) is 5.70. The van der Waals surface area contributed by atoms with E-state index in [1.807, 2.05) is 18.2 Å². The van der Waals surface area contributed by atoms with Crippen LogP contribution in [-0.4, -0.2) is 23.4 Å². The minimum atomic E-state index is 0.0470. The van der Waals surface area contributed by atoms with Crippen molar-refractivity contribution in [2.24, 2.45) is 0 Å². The Bertz CT molecular complexity index is 361. The maximum Gasteiger partial charge on any atom is 0.155 e. The molecule has 0 amide bonds. The van der Waals surface area contributed by atoms with Crippen LogP contribution in [0.15, 0.2) is 22.8 Å². The summed E-state index contributed by atoms with van der Waals surface area (Å²) in [5.41, 5.74) is 0.836. The highest BCUT2D eigenvalue weighted by Crippen LogP contribution is 2.11. The number of nitrogens with one attached hydrogen (secondary N) is 1. The van der Waals surface area contributed by atoms with Crippen LogP contribution in [0.5, 0.6) is 0 Å². The third kappa shape index (κ3) is 2.86. The summed E-state index contributed by atoms with van der Waals surface area (Å²) >= 11 is 3.30. The Labute approximate surface area is 97.4 Å². The first-order valence-corrected chi connectivity index (χ1v) is 5.92. The number of aromatic nitrogens is 1. The molecule has 2 heterocycles. The average molecular weight is 269 g/mol. The van der Waals surface area contributed by atoms with Crippen LogP contribution in [0.3, 0.4) is 0 Å². The largest absolute Gasteiger partial charge is 0.307 e. The first-order chi connectivity index (χ1) is 7.25. The van der Waals surface area contributed by atoms with Crippen LogP contribution in [0.2, 0.25) is 0 Å². The fraction of sp³-hybridized carbons (Fsp3) is 0.455. The molecule has 0 radical (unpaired) electrons. The van der Waals surface area contributed by atoms with Gasteiger partial charge in [-0.3, -0.25) is 4.79 Å². The van der Waals surface area contributed by atoms with Gasteiger partial charge in [-0.25, -0.2) is 4.98 Å². The number of nitrogens with zero attached hydrogens (tertiary/aromatic N) is 1. The highest BCUT2D eigenvalue weighted by molar-refractivity contribution is 9.10. The molecule has 1 saturated heterocycles. The topological polar surface area (TPSA) is 42.0 Å². The zero-order valence-corrected chi connectivity index (χ0v) is 9.96. The number of halogens is 1. The molecular weight excluding hydrogens is 256 g/mol. The quantitative estimate of drug-likeness (QED) is 0.849. The molecule has 0 spiro atoms. The monoisotopic (exact) mass is 268 g/mol. The smallest absolute Gasteiger partial charge is 0.155 e. The molecular formula is C11H13BrN2O. The van der Waals surface area contributed by atoms with Crippen molar-refractivity contribution < 1.29 is 4.79 Å². The van der Waals surface area contributed by atoms with Gasteiger partial charge in [-0.1, -0.05) is 6.07 Å². The lowest BCUT2D eigenvalue weighted by atomic mass is 10.1. The van der Waals surface area contributed by atoms with E-state index >= 15 is 0 Å². The van der Waals surface area contributed by atoms with E-state index < -0.39 is 0 Å². The molecule has 4 heteroatoms. The van der Waals surface area contributed by atoms with E-state index in [-0.39, 0.29) is 11.8 Å². The molecule has 1 atom stereocenters. The first-order valence-electron chi connectivity index (χ1n) is 5.13. The van der Waals surface area contributed by atoms with Gasteiger partial charge < -0.3 is 5.32 Å². The summed E-state index contributed by atoms with van der Waals surface area (Å²) in [5, 5.41) is 3.20. The Morgan fingerprint density at radius 3 is 3.13 bits per heavy atom. The molecule has 0 aromatic carbocycles. The summed E-state index contributed by atoms with van der Waals surface area (Å²) in [6.07, 6.45) is 2.49. The molecule has 0 bridgehead atoms. The fourth-order valence-corrected chi connectivity index (χ4v) is 2.19. The van der Waals surface area contributed by atoms with Crippen molar-refractivity contribution in [3.05, 3.63) is 28.5 Å². The molecule has 1 fully saturated rings. The molecule has 1 aliphatic rings. The van der Waals surface area contributed by atoms with Gasteiger partial charge in [0, 0.05) is 5.69 Å². The third-order valence-electron chi connectivity index (χ3n) is 2.58. The zero-order valence-electron chi connectivity index (χ0n) is 8.37. The van der Waals surface area contributed by atoms with Crippen molar-refractivity contribution in [3.8, 4) is 0 Å². The lowest BCUT2D eigenvalue weighted by Gasteiger charge is -2.08. The van der Waals surface area contributed by atoms with Crippen LogP contribution in [0.25, 0.3) is 0 Å². The standard InChI is InChI=1S/C11H13BrN2O/c12-11-5-1-3-8(14-11)7-10(15)9-4-2-6-13-9/h1,3,5,9,13H,2,4,6-7H2/t9-/m0/s1. The van der Waals surface area contributed by atoms with Gasteiger partial charge >= 0.3 is 0 Å². The molecule has 1 aromatic rings. The molecule has 1 aromatic heterocycles. The number of hydrogen-bond acceptors (Lipinski definition) is 3. The van der Waals surface area contributed by atoms with Crippen LogP contribution in [0.1, 0.15) is 18.5 Å². The predicted octanol–water partition coefficient (Wildman–Crippen LogP) is 1.71. The van der Waals surface area contributed by atoms with E-state index in [4.69, 9.17) is 0 Å². The summed E-state index contributed by atoms with van der Waals surface area (Å²) in [6.45, 7) is 0.961. The van der Waals surface area contributed by atoms with Gasteiger partial charge in [0.25, 0.3) is 0 Å². The summed E-state index contributed by atoms with van der Waals surface area (Å²) in [4.78, 5) is 16.1. The summed E-state index contributed by atoms with van der Waals surface area (Å²) < 4.78 is 0.784. The second-order valence-corrected chi connectivity index (χ2v) is 4.56. The maximum absolute atomic E-state index is 11.8. The SMILES string of the molecule is O=C(Cc1cccc(Br)n1)[C@@H]1CCCN1. The lowest BCUT2D eigenvalue weighted by Crippen LogP contribution is -2.32. The number of ketones is 1. The molecule has 80 valence electrons. The van der Waals surface area contributed by atoms with Gasteiger partial charge in [0.05, 0.1) is 12.5 Å². The number of carbonyl (C=O) groups excluding carboxylic acids is 1. The molecule has 1 N–H and O–H groups in total. The molecule has 0 unspecified atom stereocenters. The van der Waals surface area contributed by atoms with Crippen LogP contribution in [0, 0.1) is 0 Å². The van der Waals surface area contributed by atoms with E-state index in [0.29, 0.717) is 6.42 Å². The van der Waals surface area contributed by atoms with Crippen molar-refractivity contribution in [3.63, 3.8) is 0 Å². The van der Waals surface area contributed by atoms with Gasteiger partial charge in [-0.15, -0.1) is 0 Å². The van der Waals surface area contributed by atoms with Crippen molar-refractivity contribution in [1.82, 2.24) is 10.3 Å². The lowest BCUT2D eigenvalue weighted by molar-refractivity contribution is -0.120. The van der Waals surface area contributed by atoms with Crippen LogP contribution >= 0.6 is 15.9 Å². The number of Topliss-reactive ketones (excluding diaryl/α,β-unsaturated/α-hetero) is 1. The van der Waals surface area contributed by atoms with Gasteiger partial charge in [-0.2, -0.15) is 0 Å². The molecule has 15 heavy (non-hydrogen) atoms. The van der Waals surface area contributed by atoms with E-state index in [0.717, 1.165) is 29.7 Å². The Hall–Kier alpha value is -0.740. The minimum Gasteiger partial charge on any atom is -0.307 e. The van der Waals surface area contributed by atoms with E-state index in [1.165, 1.54) is 0 Å². The zero-order chi connectivity index (χ0) is 10.7. The second-order valence-electron chi connectivity index (χ2n) is 3.74. The average Bonchev–Trinajstić information content (AvgIpc) is 2.70. The van der Waals surface area contributed by atoms with Crippen LogP contribution in [0.4, 0.5) is 0 Å². The fourth-order valence-electron chi connectivity index (χ4n) is 1.81. The third-order valence-corrected chi connectivity index (χ3v) is 3.02. The molecule has 1 aliphatic heterocycles. The molecule has 0 aliphatic carbocycles. The Kier molecular flexibility index (Phi) is 3.49.